The lowest BCUT2D eigenvalue weighted by Gasteiger charge is -1.94. The molecule has 4 nitrogen and oxygen atoms in total. The van der Waals surface area contributed by atoms with Crippen molar-refractivity contribution in [2.75, 3.05) is 0 Å². The summed E-state index contributed by atoms with van der Waals surface area (Å²) < 4.78 is 6.17. The van der Waals surface area contributed by atoms with Gasteiger partial charge in [0.25, 0.3) is 5.78 Å². The largest absolute Gasteiger partial charge is 0.361 e. The van der Waals surface area contributed by atoms with Gasteiger partial charge >= 0.3 is 6.21 Å². The van der Waals surface area contributed by atoms with Gasteiger partial charge in [0, 0.05) is 4.47 Å². The van der Waals surface area contributed by atoms with Crippen LogP contribution in [0.25, 0.3) is 5.53 Å². The molecular weight excluding hydrogens is 260 g/mol. The van der Waals surface area contributed by atoms with Gasteiger partial charge in [0.1, 0.15) is 6.10 Å². The summed E-state index contributed by atoms with van der Waals surface area (Å²) in [6.45, 7) is 0. The molecular formula is C10H7BrN2O2. The zero-order chi connectivity index (χ0) is 10.8. The van der Waals surface area contributed by atoms with Gasteiger partial charge < -0.3 is 10.3 Å². The second kappa shape index (κ2) is 4.06. The van der Waals surface area contributed by atoms with E-state index in [0.717, 1.165) is 16.3 Å². The molecule has 1 aromatic carbocycles. The van der Waals surface area contributed by atoms with Crippen LogP contribution in [0, 0.1) is 0 Å². The molecule has 0 N–H and O–H groups in total. The highest BCUT2D eigenvalue weighted by molar-refractivity contribution is 9.10. The molecule has 0 aliphatic carbocycles. The van der Waals surface area contributed by atoms with E-state index >= 15 is 0 Å². The number of hydrogen-bond acceptors (Lipinski definition) is 2. The topological polar surface area (TPSA) is 66.0 Å². The third-order valence-electron chi connectivity index (χ3n) is 2.16. The lowest BCUT2D eigenvalue weighted by atomic mass is 10.1. The number of Topliss-reactive ketones (excluding diaryl/α,β-unsaturated/α-hetero) is 1. The van der Waals surface area contributed by atoms with Crippen molar-refractivity contribution < 1.29 is 14.3 Å². The Morgan fingerprint density at radius 1 is 1.47 bits per heavy atom. The third-order valence-corrected chi connectivity index (χ3v) is 2.68. The Balaban J connectivity index is 2.08. The molecule has 0 bridgehead atoms. The first kappa shape index (κ1) is 10.2. The molecule has 2 atom stereocenters. The van der Waals surface area contributed by atoms with Crippen LogP contribution in [0.15, 0.2) is 28.7 Å². The molecule has 1 aromatic rings. The number of halogens is 1. The van der Waals surface area contributed by atoms with E-state index in [1.807, 2.05) is 24.3 Å². The van der Waals surface area contributed by atoms with Gasteiger partial charge in [-0.05, 0) is 17.7 Å². The molecule has 1 fully saturated rings. The Labute approximate surface area is 94.6 Å². The maximum Gasteiger partial charge on any atom is 0.326 e. The second-order valence-corrected chi connectivity index (χ2v) is 4.09. The fourth-order valence-corrected chi connectivity index (χ4v) is 1.63. The second-order valence-electron chi connectivity index (χ2n) is 3.18. The fraction of sp³-hybridized carbons (Fsp3) is 0.200. The van der Waals surface area contributed by atoms with Gasteiger partial charge in [-0.3, -0.25) is 4.79 Å². The highest BCUT2D eigenvalue weighted by Crippen LogP contribution is 2.39. The van der Waals surface area contributed by atoms with Crippen LogP contribution in [0.3, 0.4) is 0 Å². The summed E-state index contributed by atoms with van der Waals surface area (Å²) in [6, 6.07) is 7.55. The molecule has 0 spiro atoms. The lowest BCUT2D eigenvalue weighted by Crippen LogP contribution is -2.09. The predicted molar refractivity (Wildman–Crippen MR) is 56.4 cm³/mol. The first-order valence-electron chi connectivity index (χ1n) is 4.34. The van der Waals surface area contributed by atoms with Crippen LogP contribution >= 0.6 is 15.9 Å². The number of ketones is 1. The molecule has 0 radical (unpaired) electrons. The van der Waals surface area contributed by atoms with Crippen LogP contribution in [-0.4, -0.2) is 22.9 Å². The monoisotopic (exact) mass is 266 g/mol. The van der Waals surface area contributed by atoms with E-state index in [9.17, 15) is 4.79 Å². The van der Waals surface area contributed by atoms with E-state index in [-0.39, 0.29) is 11.9 Å². The Morgan fingerprint density at radius 2 is 2.13 bits per heavy atom. The van der Waals surface area contributed by atoms with Crippen LogP contribution in [0.5, 0.6) is 0 Å². The summed E-state index contributed by atoms with van der Waals surface area (Å²) in [6.07, 6.45) is 0.162. The highest BCUT2D eigenvalue weighted by atomic mass is 79.9. The Kier molecular flexibility index (Phi) is 2.77. The number of carbonyl (C=O) groups excluding carboxylic acids is 1. The van der Waals surface area contributed by atoms with Gasteiger partial charge in [-0.2, -0.15) is 4.79 Å². The third kappa shape index (κ3) is 2.21. The van der Waals surface area contributed by atoms with E-state index in [0.29, 0.717) is 0 Å². The van der Waals surface area contributed by atoms with Gasteiger partial charge in [0.15, 0.2) is 6.10 Å². The van der Waals surface area contributed by atoms with Gasteiger partial charge in [0.2, 0.25) is 0 Å². The first-order valence-corrected chi connectivity index (χ1v) is 5.14. The minimum atomic E-state index is -0.498. The molecule has 0 aromatic heterocycles. The smallest absolute Gasteiger partial charge is 0.326 e. The average molecular weight is 267 g/mol. The molecule has 1 aliphatic heterocycles. The summed E-state index contributed by atoms with van der Waals surface area (Å²) in [7, 11) is 0. The number of carbonyl (C=O) groups is 1. The van der Waals surface area contributed by atoms with Crippen molar-refractivity contribution in [3.05, 3.63) is 39.8 Å². The van der Waals surface area contributed by atoms with E-state index in [1.165, 1.54) is 0 Å². The minimum absolute atomic E-state index is 0.205. The number of benzene rings is 1. The highest BCUT2D eigenvalue weighted by Gasteiger charge is 2.46. The number of epoxide rings is 1. The minimum Gasteiger partial charge on any atom is -0.361 e. The number of rotatable bonds is 3. The molecule has 0 unspecified atom stereocenters. The molecule has 76 valence electrons. The van der Waals surface area contributed by atoms with Crippen molar-refractivity contribution in [3.8, 4) is 0 Å². The maximum absolute atomic E-state index is 11.2. The Morgan fingerprint density at radius 3 is 2.73 bits per heavy atom. The van der Waals surface area contributed by atoms with Gasteiger partial charge in [-0.15, -0.1) is 0 Å². The number of ether oxygens (including phenoxy) is 1. The molecule has 1 heterocycles. The molecule has 2 rings (SSSR count). The van der Waals surface area contributed by atoms with Crippen molar-refractivity contribution in [2.45, 2.75) is 12.2 Å². The molecule has 5 heteroatoms. The summed E-state index contributed by atoms with van der Waals surface area (Å²) in [5.74, 6) is -0.314. The van der Waals surface area contributed by atoms with E-state index < -0.39 is 6.10 Å². The van der Waals surface area contributed by atoms with Crippen LogP contribution < -0.4 is 0 Å². The van der Waals surface area contributed by atoms with Crippen molar-refractivity contribution in [1.82, 2.24) is 0 Å². The summed E-state index contributed by atoms with van der Waals surface area (Å²) in [5, 5.41) is 0. The van der Waals surface area contributed by atoms with Crippen molar-refractivity contribution in [1.29, 1.82) is 0 Å². The summed E-state index contributed by atoms with van der Waals surface area (Å²) in [4.78, 5) is 13.9. The average Bonchev–Trinajstić information content (AvgIpc) is 2.99. The van der Waals surface area contributed by atoms with Gasteiger partial charge in [-0.25, -0.2) is 0 Å². The van der Waals surface area contributed by atoms with Crippen LogP contribution in [-0.2, 0) is 9.53 Å². The van der Waals surface area contributed by atoms with Crippen molar-refractivity contribution in [2.24, 2.45) is 0 Å². The SMILES string of the molecule is [N-]=[N+]=CC(=O)[C@@H]1O[C@@H]1c1ccc(Br)cc1. The normalized spacial score (nSPS) is 23.0. The molecule has 0 saturated carbocycles. The zero-order valence-electron chi connectivity index (χ0n) is 7.63. The molecule has 1 aliphatic rings. The van der Waals surface area contributed by atoms with Gasteiger partial charge in [-0.1, -0.05) is 28.1 Å². The van der Waals surface area contributed by atoms with Gasteiger partial charge in [0.05, 0.1) is 0 Å². The van der Waals surface area contributed by atoms with E-state index in [1.54, 1.807) is 0 Å². The molecule has 15 heavy (non-hydrogen) atoms. The summed E-state index contributed by atoms with van der Waals surface area (Å²) in [5.41, 5.74) is 9.14. The number of nitrogens with zero attached hydrogens (tertiary/aromatic N) is 2. The van der Waals surface area contributed by atoms with Crippen LogP contribution in [0.2, 0.25) is 0 Å². The first-order chi connectivity index (χ1) is 7.22. The quantitative estimate of drug-likeness (QED) is 0.362. The Bertz CT molecular complexity index is 437. The summed E-state index contributed by atoms with van der Waals surface area (Å²) >= 11 is 3.32. The van der Waals surface area contributed by atoms with Crippen molar-refractivity contribution >= 4 is 27.9 Å². The van der Waals surface area contributed by atoms with E-state index in [2.05, 4.69) is 20.7 Å². The maximum atomic E-state index is 11.2. The lowest BCUT2D eigenvalue weighted by molar-refractivity contribution is -0.117. The standard InChI is InChI=1S/C10H7BrN2O2/c11-7-3-1-6(2-4-7)9-10(15-9)8(14)5-13-12/h1-5,9-10H/t9-,10+/m1/s1. The molecule has 0 amide bonds. The van der Waals surface area contributed by atoms with Crippen LogP contribution in [0.1, 0.15) is 11.7 Å². The molecule has 1 saturated heterocycles. The number of hydrogen-bond donors (Lipinski definition) is 0. The van der Waals surface area contributed by atoms with Crippen molar-refractivity contribution in [3.63, 3.8) is 0 Å². The Hall–Kier alpha value is -1.29. The zero-order valence-corrected chi connectivity index (χ0v) is 9.22. The van der Waals surface area contributed by atoms with E-state index in [4.69, 9.17) is 10.3 Å². The fourth-order valence-electron chi connectivity index (χ4n) is 1.37. The predicted octanol–water partition coefficient (Wildman–Crippen LogP) is 1.76. The van der Waals surface area contributed by atoms with Crippen LogP contribution in [0.4, 0.5) is 0 Å².